The van der Waals surface area contributed by atoms with E-state index in [4.69, 9.17) is 18.9 Å². The molecule has 24 heavy (non-hydrogen) atoms. The predicted molar refractivity (Wildman–Crippen MR) is 87.3 cm³/mol. The third kappa shape index (κ3) is 5.62. The highest BCUT2D eigenvalue weighted by molar-refractivity contribution is 5.98. The molecular formula is C18H24O6. The summed E-state index contributed by atoms with van der Waals surface area (Å²) in [6, 6.07) is 6.73. The van der Waals surface area contributed by atoms with E-state index in [2.05, 4.69) is 0 Å². The van der Waals surface area contributed by atoms with Crippen molar-refractivity contribution in [2.45, 2.75) is 38.9 Å². The van der Waals surface area contributed by atoms with E-state index in [0.717, 1.165) is 19.4 Å². The van der Waals surface area contributed by atoms with Crippen molar-refractivity contribution < 1.29 is 28.5 Å². The quantitative estimate of drug-likeness (QED) is 0.509. The second-order valence-electron chi connectivity index (χ2n) is 5.60. The molecule has 0 spiro atoms. The highest BCUT2D eigenvalue weighted by atomic mass is 16.6. The number of Topliss-reactive ketones (excluding diaryl/α,β-unsaturated/α-hetero) is 1. The summed E-state index contributed by atoms with van der Waals surface area (Å²) in [5, 5.41) is 0. The van der Waals surface area contributed by atoms with Crippen LogP contribution in [0.25, 0.3) is 0 Å². The number of hydrogen-bond donors (Lipinski definition) is 0. The first-order valence-electron chi connectivity index (χ1n) is 8.26. The van der Waals surface area contributed by atoms with Crippen molar-refractivity contribution in [3.8, 4) is 5.75 Å². The lowest BCUT2D eigenvalue weighted by Crippen LogP contribution is -2.28. The summed E-state index contributed by atoms with van der Waals surface area (Å²) in [6.07, 6.45) is 1.29. The van der Waals surface area contributed by atoms with Crippen LogP contribution < -0.4 is 4.74 Å². The fourth-order valence-corrected chi connectivity index (χ4v) is 2.34. The zero-order valence-corrected chi connectivity index (χ0v) is 14.2. The third-order valence-corrected chi connectivity index (χ3v) is 3.72. The molecule has 1 aromatic carbocycles. The van der Waals surface area contributed by atoms with Gasteiger partial charge in [-0.2, -0.15) is 0 Å². The number of benzene rings is 1. The zero-order chi connectivity index (χ0) is 17.4. The van der Waals surface area contributed by atoms with Crippen molar-refractivity contribution in [1.29, 1.82) is 0 Å². The van der Waals surface area contributed by atoms with E-state index in [-0.39, 0.29) is 18.5 Å². The van der Waals surface area contributed by atoms with Gasteiger partial charge in [0.1, 0.15) is 5.75 Å². The maximum Gasteiger partial charge on any atom is 0.335 e. The average Bonchev–Trinajstić information content (AvgIpc) is 3.11. The van der Waals surface area contributed by atoms with Crippen LogP contribution in [0.1, 0.15) is 37.0 Å². The molecule has 0 amide bonds. The Morgan fingerprint density at radius 3 is 2.67 bits per heavy atom. The fourth-order valence-electron chi connectivity index (χ4n) is 2.34. The van der Waals surface area contributed by atoms with Gasteiger partial charge in [0.05, 0.1) is 19.3 Å². The molecule has 6 nitrogen and oxygen atoms in total. The Morgan fingerprint density at radius 2 is 2.04 bits per heavy atom. The van der Waals surface area contributed by atoms with Gasteiger partial charge in [0, 0.05) is 12.2 Å². The van der Waals surface area contributed by atoms with Gasteiger partial charge >= 0.3 is 5.97 Å². The molecule has 2 unspecified atom stereocenters. The molecule has 1 aliphatic rings. The molecule has 0 N–H and O–H groups in total. The molecule has 0 aromatic heterocycles. The van der Waals surface area contributed by atoms with Gasteiger partial charge in [-0.25, -0.2) is 4.79 Å². The molecular weight excluding hydrogens is 312 g/mol. The standard InChI is InChI=1S/C18H24O6/c1-3-21-15-8-6-14(7-9-15)17(19)12-24-18(20)13(2)23-11-16-5-4-10-22-16/h6-9,13,16H,3-5,10-12H2,1-2H3. The van der Waals surface area contributed by atoms with Crippen molar-refractivity contribution in [3.63, 3.8) is 0 Å². The molecule has 0 bridgehead atoms. The first-order valence-corrected chi connectivity index (χ1v) is 8.26. The van der Waals surface area contributed by atoms with E-state index in [0.29, 0.717) is 24.5 Å². The number of ether oxygens (including phenoxy) is 4. The van der Waals surface area contributed by atoms with Crippen molar-refractivity contribution in [2.24, 2.45) is 0 Å². The smallest absolute Gasteiger partial charge is 0.335 e. The predicted octanol–water partition coefficient (Wildman–Crippen LogP) is 2.40. The molecule has 2 rings (SSSR count). The molecule has 1 fully saturated rings. The van der Waals surface area contributed by atoms with E-state index in [9.17, 15) is 9.59 Å². The Bertz CT molecular complexity index is 533. The van der Waals surface area contributed by atoms with Gasteiger partial charge in [-0.1, -0.05) is 0 Å². The summed E-state index contributed by atoms with van der Waals surface area (Å²) in [6.45, 7) is 4.86. The second-order valence-corrected chi connectivity index (χ2v) is 5.60. The average molecular weight is 336 g/mol. The summed E-state index contributed by atoms with van der Waals surface area (Å²) in [4.78, 5) is 23.9. The largest absolute Gasteiger partial charge is 0.494 e. The highest BCUT2D eigenvalue weighted by Gasteiger charge is 2.21. The minimum Gasteiger partial charge on any atom is -0.494 e. The van der Waals surface area contributed by atoms with Crippen molar-refractivity contribution in [2.75, 3.05) is 26.4 Å². The summed E-state index contributed by atoms with van der Waals surface area (Å²) in [5.74, 6) is -0.118. The second kappa shape index (κ2) is 9.39. The van der Waals surface area contributed by atoms with Crippen LogP contribution in [0.2, 0.25) is 0 Å². The highest BCUT2D eigenvalue weighted by Crippen LogP contribution is 2.14. The molecule has 2 atom stereocenters. The molecule has 0 radical (unpaired) electrons. The van der Waals surface area contributed by atoms with Gasteiger partial charge in [-0.3, -0.25) is 4.79 Å². The molecule has 1 heterocycles. The van der Waals surface area contributed by atoms with Gasteiger partial charge in [0.25, 0.3) is 0 Å². The van der Waals surface area contributed by atoms with E-state index in [1.54, 1.807) is 31.2 Å². The van der Waals surface area contributed by atoms with Crippen LogP contribution in [0, 0.1) is 0 Å². The third-order valence-electron chi connectivity index (χ3n) is 3.72. The summed E-state index contributed by atoms with van der Waals surface area (Å²) >= 11 is 0. The van der Waals surface area contributed by atoms with Crippen LogP contribution >= 0.6 is 0 Å². The van der Waals surface area contributed by atoms with E-state index >= 15 is 0 Å². The molecule has 0 aliphatic carbocycles. The molecule has 1 aliphatic heterocycles. The number of ketones is 1. The Hall–Kier alpha value is -1.92. The minimum atomic E-state index is -0.720. The van der Waals surface area contributed by atoms with Crippen molar-refractivity contribution in [3.05, 3.63) is 29.8 Å². The Labute approximate surface area is 142 Å². The van der Waals surface area contributed by atoms with E-state index in [1.165, 1.54) is 0 Å². The van der Waals surface area contributed by atoms with Gasteiger partial charge < -0.3 is 18.9 Å². The zero-order valence-electron chi connectivity index (χ0n) is 14.2. The number of hydrogen-bond acceptors (Lipinski definition) is 6. The van der Waals surface area contributed by atoms with Gasteiger partial charge in [-0.05, 0) is 51.0 Å². The molecule has 1 saturated heterocycles. The number of rotatable bonds is 9. The van der Waals surface area contributed by atoms with Gasteiger partial charge in [0.15, 0.2) is 18.5 Å². The minimum absolute atomic E-state index is 0.0470. The maximum atomic E-state index is 12.0. The summed E-state index contributed by atoms with van der Waals surface area (Å²) < 4.78 is 21.2. The van der Waals surface area contributed by atoms with Crippen LogP contribution in [0.3, 0.4) is 0 Å². The lowest BCUT2D eigenvalue weighted by Gasteiger charge is -2.15. The van der Waals surface area contributed by atoms with Gasteiger partial charge in [0.2, 0.25) is 0 Å². The maximum absolute atomic E-state index is 12.0. The molecule has 0 saturated carbocycles. The van der Waals surface area contributed by atoms with Crippen LogP contribution in [0.15, 0.2) is 24.3 Å². The number of carbonyl (C=O) groups excluding carboxylic acids is 2. The van der Waals surface area contributed by atoms with Crippen LogP contribution in [0.4, 0.5) is 0 Å². The first kappa shape index (κ1) is 18.4. The Morgan fingerprint density at radius 1 is 1.29 bits per heavy atom. The van der Waals surface area contributed by atoms with Crippen molar-refractivity contribution >= 4 is 11.8 Å². The lowest BCUT2D eigenvalue weighted by atomic mass is 10.1. The van der Waals surface area contributed by atoms with E-state index in [1.807, 2.05) is 6.92 Å². The number of carbonyl (C=O) groups is 2. The molecule has 6 heteroatoms. The van der Waals surface area contributed by atoms with Crippen LogP contribution in [0.5, 0.6) is 5.75 Å². The first-order chi connectivity index (χ1) is 11.6. The molecule has 1 aromatic rings. The van der Waals surface area contributed by atoms with Crippen LogP contribution in [-0.2, 0) is 19.0 Å². The van der Waals surface area contributed by atoms with E-state index < -0.39 is 12.1 Å². The molecule has 132 valence electrons. The number of esters is 1. The van der Waals surface area contributed by atoms with Crippen LogP contribution in [-0.4, -0.2) is 50.4 Å². The normalized spacial score (nSPS) is 18.2. The van der Waals surface area contributed by atoms with Crippen molar-refractivity contribution in [1.82, 2.24) is 0 Å². The topological polar surface area (TPSA) is 71.1 Å². The monoisotopic (exact) mass is 336 g/mol. The Kier molecular flexibility index (Phi) is 7.21. The fraction of sp³-hybridized carbons (Fsp3) is 0.556. The summed E-state index contributed by atoms with van der Waals surface area (Å²) in [5.41, 5.74) is 0.471. The summed E-state index contributed by atoms with van der Waals surface area (Å²) in [7, 11) is 0. The van der Waals surface area contributed by atoms with Gasteiger partial charge in [-0.15, -0.1) is 0 Å². The lowest BCUT2D eigenvalue weighted by molar-refractivity contribution is -0.156. The SMILES string of the molecule is CCOc1ccc(C(=O)COC(=O)C(C)OCC2CCCO2)cc1. The Balaban J connectivity index is 1.72.